The molecule has 11 heteroatoms. The summed E-state index contributed by atoms with van der Waals surface area (Å²) in [5.74, 6) is -2.55. The lowest BCUT2D eigenvalue weighted by molar-refractivity contribution is -0.144. The van der Waals surface area contributed by atoms with Crippen molar-refractivity contribution in [2.45, 2.75) is 82.4 Å². The predicted molar refractivity (Wildman–Crippen MR) is 138 cm³/mol. The first-order chi connectivity index (χ1) is 17.8. The van der Waals surface area contributed by atoms with Crippen molar-refractivity contribution in [2.75, 3.05) is 19.6 Å². The molecule has 2 heterocycles. The van der Waals surface area contributed by atoms with Crippen LogP contribution in [-0.2, 0) is 29.3 Å². The molecule has 208 valence electrons. The van der Waals surface area contributed by atoms with Crippen LogP contribution in [0.2, 0.25) is 0 Å². The first kappa shape index (κ1) is 28.9. The number of amides is 4. The summed E-state index contributed by atoms with van der Waals surface area (Å²) in [7, 11) is 0. The third kappa shape index (κ3) is 6.81. The Labute approximate surface area is 222 Å². The Kier molecular flexibility index (Phi) is 9.01. The lowest BCUT2D eigenvalue weighted by atomic mass is 9.71. The molecule has 2 aliphatic heterocycles. The number of hydrogen-bond donors (Lipinski definition) is 3. The van der Waals surface area contributed by atoms with Crippen LogP contribution in [0.15, 0.2) is 30.3 Å². The number of piperidine rings is 1. The molecule has 1 aromatic carbocycles. The Morgan fingerprint density at radius 1 is 1.11 bits per heavy atom. The van der Waals surface area contributed by atoms with Gasteiger partial charge in [0.05, 0.1) is 5.41 Å². The van der Waals surface area contributed by atoms with E-state index >= 15 is 0 Å². The Hall–Kier alpha value is -3.63. The van der Waals surface area contributed by atoms with Crippen molar-refractivity contribution in [3.63, 3.8) is 0 Å². The number of carboxylic acids is 1. The number of benzene rings is 1. The highest BCUT2D eigenvalue weighted by Gasteiger charge is 2.46. The molecule has 11 nitrogen and oxygen atoms in total. The van der Waals surface area contributed by atoms with Crippen LogP contribution in [0, 0.1) is 0 Å². The summed E-state index contributed by atoms with van der Waals surface area (Å²) in [5, 5.41) is 12.2. The number of hydrogen-bond acceptors (Lipinski definition) is 6. The van der Waals surface area contributed by atoms with Crippen molar-refractivity contribution in [1.29, 1.82) is 0 Å². The zero-order valence-corrected chi connectivity index (χ0v) is 22.3. The average Bonchev–Trinajstić information content (AvgIpc) is 3.35. The molecule has 0 radical (unpaired) electrons. The molecule has 0 spiro atoms. The van der Waals surface area contributed by atoms with Gasteiger partial charge in [0.15, 0.2) is 0 Å². The Morgan fingerprint density at radius 3 is 2.29 bits per heavy atom. The van der Waals surface area contributed by atoms with Crippen LogP contribution >= 0.6 is 0 Å². The maximum absolute atomic E-state index is 13.6. The maximum Gasteiger partial charge on any atom is 0.410 e. The third-order valence-corrected chi connectivity index (χ3v) is 7.14. The van der Waals surface area contributed by atoms with Gasteiger partial charge in [-0.25, -0.2) is 9.59 Å². The number of rotatable bonds is 8. The first-order valence-electron chi connectivity index (χ1n) is 13.0. The Bertz CT molecular complexity index is 1050. The summed E-state index contributed by atoms with van der Waals surface area (Å²) in [6, 6.07) is 7.19. The number of primary amides is 1. The van der Waals surface area contributed by atoms with Crippen molar-refractivity contribution in [1.82, 2.24) is 15.1 Å². The van der Waals surface area contributed by atoms with Crippen LogP contribution in [0.4, 0.5) is 4.79 Å². The quantitative estimate of drug-likeness (QED) is 0.462. The van der Waals surface area contributed by atoms with Gasteiger partial charge in [0.1, 0.15) is 17.7 Å². The summed E-state index contributed by atoms with van der Waals surface area (Å²) in [4.78, 5) is 65.9. The molecule has 0 saturated carbocycles. The molecule has 0 aliphatic carbocycles. The fourth-order valence-corrected chi connectivity index (χ4v) is 5.13. The lowest BCUT2D eigenvalue weighted by Gasteiger charge is -2.42. The van der Waals surface area contributed by atoms with E-state index in [-0.39, 0.29) is 44.7 Å². The van der Waals surface area contributed by atoms with Gasteiger partial charge in [-0.05, 0) is 58.4 Å². The van der Waals surface area contributed by atoms with Crippen LogP contribution in [0.1, 0.15) is 64.9 Å². The Morgan fingerprint density at radius 2 is 1.74 bits per heavy atom. The van der Waals surface area contributed by atoms with E-state index in [0.717, 1.165) is 5.56 Å². The van der Waals surface area contributed by atoms with E-state index in [4.69, 9.17) is 10.5 Å². The standard InChI is InChI=1S/C27H38N4O7/c1-26(2,3)38-25(37)31-15-7-10-20(31)22(33)30-16-13-27(14-17-30,18-8-5-4-6-9-18)24(36)29-19(23(34)35)11-12-21(28)32/h4-6,8-9,19-20H,7,10-17H2,1-3H3,(H2,28,32)(H,29,36)(H,34,35). The number of ether oxygens (including phenoxy) is 1. The molecular formula is C27H38N4O7. The van der Waals surface area contributed by atoms with Crippen LogP contribution in [0.3, 0.4) is 0 Å². The molecule has 2 unspecified atom stereocenters. The van der Waals surface area contributed by atoms with E-state index in [1.807, 2.05) is 18.2 Å². The van der Waals surface area contributed by atoms with Gasteiger partial charge >= 0.3 is 12.1 Å². The highest BCUT2D eigenvalue weighted by atomic mass is 16.6. The summed E-state index contributed by atoms with van der Waals surface area (Å²) in [6.07, 6.45) is 0.979. The van der Waals surface area contributed by atoms with Gasteiger partial charge in [0, 0.05) is 26.1 Å². The largest absolute Gasteiger partial charge is 0.480 e. The lowest BCUT2D eigenvalue weighted by Crippen LogP contribution is -2.57. The number of nitrogens with one attached hydrogen (secondary N) is 1. The van der Waals surface area contributed by atoms with Crippen LogP contribution < -0.4 is 11.1 Å². The van der Waals surface area contributed by atoms with Gasteiger partial charge in [-0.3, -0.25) is 19.3 Å². The van der Waals surface area contributed by atoms with E-state index in [0.29, 0.717) is 19.4 Å². The molecule has 4 amide bonds. The molecular weight excluding hydrogens is 492 g/mol. The number of carbonyl (C=O) groups is 5. The van der Waals surface area contributed by atoms with E-state index < -0.39 is 47.0 Å². The molecule has 2 aliphatic rings. The number of carbonyl (C=O) groups excluding carboxylic acids is 4. The van der Waals surface area contributed by atoms with E-state index in [1.165, 1.54) is 4.90 Å². The number of carboxylic acid groups (broad SMARTS) is 1. The van der Waals surface area contributed by atoms with Crippen molar-refractivity contribution in [3.05, 3.63) is 35.9 Å². The smallest absolute Gasteiger partial charge is 0.410 e. The number of likely N-dealkylation sites (tertiary alicyclic amines) is 2. The summed E-state index contributed by atoms with van der Waals surface area (Å²) in [5.41, 5.74) is 4.16. The monoisotopic (exact) mass is 530 g/mol. The predicted octanol–water partition coefficient (Wildman–Crippen LogP) is 1.78. The fraction of sp³-hybridized carbons (Fsp3) is 0.593. The Balaban J connectivity index is 1.76. The maximum atomic E-state index is 13.6. The number of nitrogens with two attached hydrogens (primary N) is 1. The number of nitrogens with zero attached hydrogens (tertiary/aromatic N) is 2. The zero-order valence-electron chi connectivity index (χ0n) is 22.3. The SMILES string of the molecule is CC(C)(C)OC(=O)N1CCCC1C(=O)N1CCC(C(=O)NC(CCC(N)=O)C(=O)O)(c2ccccc2)CC1. The molecule has 2 fully saturated rings. The third-order valence-electron chi connectivity index (χ3n) is 7.14. The van der Waals surface area contributed by atoms with Crippen molar-refractivity contribution >= 4 is 29.8 Å². The summed E-state index contributed by atoms with van der Waals surface area (Å²) in [6.45, 7) is 6.30. The van der Waals surface area contributed by atoms with Gasteiger partial charge < -0.3 is 25.8 Å². The molecule has 38 heavy (non-hydrogen) atoms. The highest BCUT2D eigenvalue weighted by molar-refractivity contribution is 5.92. The minimum Gasteiger partial charge on any atom is -0.480 e. The van der Waals surface area contributed by atoms with Gasteiger partial charge in [0.25, 0.3) is 0 Å². The van der Waals surface area contributed by atoms with Crippen molar-refractivity contribution < 1.29 is 33.8 Å². The molecule has 3 rings (SSSR count). The average molecular weight is 531 g/mol. The number of aliphatic carboxylic acids is 1. The normalized spacial score (nSPS) is 19.9. The second-order valence-corrected chi connectivity index (χ2v) is 11.0. The topological polar surface area (TPSA) is 159 Å². The van der Waals surface area contributed by atoms with Gasteiger partial charge in [-0.15, -0.1) is 0 Å². The van der Waals surface area contributed by atoms with E-state index in [1.54, 1.807) is 37.8 Å². The second-order valence-electron chi connectivity index (χ2n) is 11.0. The van der Waals surface area contributed by atoms with Crippen LogP contribution in [0.25, 0.3) is 0 Å². The van der Waals surface area contributed by atoms with Crippen molar-refractivity contribution in [3.8, 4) is 0 Å². The minimum absolute atomic E-state index is 0.117. The van der Waals surface area contributed by atoms with Crippen LogP contribution in [-0.4, -0.2) is 82.0 Å². The van der Waals surface area contributed by atoms with Gasteiger partial charge in [0.2, 0.25) is 17.7 Å². The molecule has 0 bridgehead atoms. The van der Waals surface area contributed by atoms with E-state index in [2.05, 4.69) is 5.32 Å². The van der Waals surface area contributed by atoms with Crippen LogP contribution in [0.5, 0.6) is 0 Å². The van der Waals surface area contributed by atoms with Gasteiger partial charge in [-0.1, -0.05) is 30.3 Å². The highest BCUT2D eigenvalue weighted by Crippen LogP contribution is 2.37. The molecule has 4 N–H and O–H groups in total. The van der Waals surface area contributed by atoms with E-state index in [9.17, 15) is 29.1 Å². The zero-order chi connectivity index (χ0) is 28.1. The van der Waals surface area contributed by atoms with Gasteiger partial charge in [-0.2, -0.15) is 0 Å². The van der Waals surface area contributed by atoms with Crippen molar-refractivity contribution in [2.24, 2.45) is 5.73 Å². The summed E-state index contributed by atoms with van der Waals surface area (Å²) >= 11 is 0. The second kappa shape index (κ2) is 11.8. The fourth-order valence-electron chi connectivity index (χ4n) is 5.13. The summed E-state index contributed by atoms with van der Waals surface area (Å²) < 4.78 is 5.49. The molecule has 2 atom stereocenters. The molecule has 0 aromatic heterocycles. The minimum atomic E-state index is -1.27. The first-order valence-corrected chi connectivity index (χ1v) is 13.0. The molecule has 1 aromatic rings. The molecule has 2 saturated heterocycles.